The summed E-state index contributed by atoms with van der Waals surface area (Å²) in [7, 11) is 1.53. The van der Waals surface area contributed by atoms with Crippen LogP contribution in [-0.4, -0.2) is 43.1 Å². The fourth-order valence-corrected chi connectivity index (χ4v) is 2.67. The SMILES string of the molecule is CCOc1ncccc1C(=O)N1C[C@H](C(=O)NC)Oc2ccccc21. The molecule has 2 heterocycles. The number of fused-ring (bicyclic) bond motifs is 1. The molecule has 0 aliphatic carbocycles. The summed E-state index contributed by atoms with van der Waals surface area (Å²) in [5.74, 6) is 0.178. The monoisotopic (exact) mass is 341 g/mol. The molecule has 0 radical (unpaired) electrons. The number of carbonyl (C=O) groups excluding carboxylic acids is 2. The topological polar surface area (TPSA) is 80.8 Å². The highest BCUT2D eigenvalue weighted by atomic mass is 16.5. The molecule has 3 rings (SSSR count). The number of likely N-dealkylation sites (N-methyl/N-ethyl adjacent to an activating group) is 1. The predicted octanol–water partition coefficient (Wildman–Crippen LogP) is 1.63. The molecule has 25 heavy (non-hydrogen) atoms. The minimum atomic E-state index is -0.781. The van der Waals surface area contributed by atoms with E-state index in [2.05, 4.69) is 10.3 Å². The summed E-state index contributed by atoms with van der Waals surface area (Å²) in [6.45, 7) is 2.34. The maximum absolute atomic E-state index is 13.1. The van der Waals surface area contributed by atoms with E-state index in [0.717, 1.165) is 0 Å². The largest absolute Gasteiger partial charge is 0.477 e. The summed E-state index contributed by atoms with van der Waals surface area (Å²) < 4.78 is 11.2. The molecule has 1 aromatic heterocycles. The van der Waals surface area contributed by atoms with Crippen LogP contribution in [0.3, 0.4) is 0 Å². The Morgan fingerprint density at radius 1 is 1.32 bits per heavy atom. The summed E-state index contributed by atoms with van der Waals surface area (Å²) in [6.07, 6.45) is 0.790. The van der Waals surface area contributed by atoms with Crippen molar-refractivity contribution in [3.63, 3.8) is 0 Å². The molecule has 2 amide bonds. The highest BCUT2D eigenvalue weighted by Crippen LogP contribution is 2.34. The van der Waals surface area contributed by atoms with Gasteiger partial charge in [0.2, 0.25) is 5.88 Å². The number of aromatic nitrogens is 1. The Hall–Kier alpha value is -3.09. The molecule has 0 spiro atoms. The number of anilines is 1. The van der Waals surface area contributed by atoms with Crippen molar-refractivity contribution in [1.82, 2.24) is 10.3 Å². The molecule has 1 aliphatic rings. The summed E-state index contributed by atoms with van der Waals surface area (Å²) in [5.41, 5.74) is 0.954. The van der Waals surface area contributed by atoms with Gasteiger partial charge in [-0.25, -0.2) is 4.98 Å². The van der Waals surface area contributed by atoms with Gasteiger partial charge in [0.15, 0.2) is 6.10 Å². The summed E-state index contributed by atoms with van der Waals surface area (Å²) in [5, 5.41) is 2.56. The Labute approximate surface area is 145 Å². The lowest BCUT2D eigenvalue weighted by Gasteiger charge is -2.34. The van der Waals surface area contributed by atoms with Crippen LogP contribution in [0, 0.1) is 0 Å². The Kier molecular flexibility index (Phi) is 4.83. The number of benzene rings is 1. The average Bonchev–Trinajstić information content (AvgIpc) is 2.66. The van der Waals surface area contributed by atoms with Crippen LogP contribution in [0.1, 0.15) is 17.3 Å². The lowest BCUT2D eigenvalue weighted by molar-refractivity contribution is -0.127. The van der Waals surface area contributed by atoms with Gasteiger partial charge in [0, 0.05) is 13.2 Å². The zero-order valence-electron chi connectivity index (χ0n) is 14.1. The molecule has 1 atom stereocenters. The van der Waals surface area contributed by atoms with Gasteiger partial charge < -0.3 is 19.7 Å². The van der Waals surface area contributed by atoms with Crippen LogP contribution in [0.25, 0.3) is 0 Å². The molecule has 1 aliphatic heterocycles. The fourth-order valence-electron chi connectivity index (χ4n) is 2.67. The van der Waals surface area contributed by atoms with Crippen molar-refractivity contribution in [2.75, 3.05) is 25.1 Å². The van der Waals surface area contributed by atoms with Gasteiger partial charge >= 0.3 is 0 Å². The van der Waals surface area contributed by atoms with E-state index in [0.29, 0.717) is 23.6 Å². The Morgan fingerprint density at radius 2 is 2.12 bits per heavy atom. The Bertz CT molecular complexity index is 793. The van der Waals surface area contributed by atoms with Crippen molar-refractivity contribution >= 4 is 17.5 Å². The van der Waals surface area contributed by atoms with Crippen molar-refractivity contribution in [3.8, 4) is 11.6 Å². The number of carbonyl (C=O) groups is 2. The number of amides is 2. The molecular weight excluding hydrogens is 322 g/mol. The van der Waals surface area contributed by atoms with Crippen LogP contribution in [0.2, 0.25) is 0 Å². The first-order valence-corrected chi connectivity index (χ1v) is 8.02. The third kappa shape index (κ3) is 3.26. The molecule has 7 heteroatoms. The fraction of sp³-hybridized carbons (Fsp3) is 0.278. The van der Waals surface area contributed by atoms with Gasteiger partial charge in [-0.1, -0.05) is 12.1 Å². The second-order valence-electron chi connectivity index (χ2n) is 5.39. The van der Waals surface area contributed by atoms with Gasteiger partial charge in [-0.2, -0.15) is 0 Å². The lowest BCUT2D eigenvalue weighted by Crippen LogP contribution is -2.50. The first-order chi connectivity index (χ1) is 12.2. The Morgan fingerprint density at radius 3 is 2.88 bits per heavy atom. The highest BCUT2D eigenvalue weighted by Gasteiger charge is 2.34. The van der Waals surface area contributed by atoms with Gasteiger partial charge in [-0.15, -0.1) is 0 Å². The van der Waals surface area contributed by atoms with Crippen LogP contribution in [0.4, 0.5) is 5.69 Å². The van der Waals surface area contributed by atoms with Crippen molar-refractivity contribution < 1.29 is 19.1 Å². The molecule has 1 N–H and O–H groups in total. The second-order valence-corrected chi connectivity index (χ2v) is 5.39. The van der Waals surface area contributed by atoms with Crippen molar-refractivity contribution in [2.24, 2.45) is 0 Å². The van der Waals surface area contributed by atoms with E-state index in [-0.39, 0.29) is 24.2 Å². The van der Waals surface area contributed by atoms with Crippen LogP contribution >= 0.6 is 0 Å². The van der Waals surface area contributed by atoms with Crippen LogP contribution in [-0.2, 0) is 4.79 Å². The van der Waals surface area contributed by atoms with Crippen LogP contribution in [0.15, 0.2) is 42.6 Å². The molecule has 0 bridgehead atoms. The maximum atomic E-state index is 13.1. The van der Waals surface area contributed by atoms with Gasteiger partial charge in [0.1, 0.15) is 11.3 Å². The molecule has 0 saturated carbocycles. The number of nitrogens with one attached hydrogen (secondary N) is 1. The van der Waals surface area contributed by atoms with E-state index >= 15 is 0 Å². The standard InChI is InChI=1S/C18H19N3O4/c1-3-24-17-12(7-6-10-20-17)18(23)21-11-15(16(22)19-2)25-14-9-5-4-8-13(14)21/h4-10,15H,3,11H2,1-2H3,(H,19,22)/t15-/m1/s1. The number of rotatable bonds is 4. The summed E-state index contributed by atoms with van der Waals surface area (Å²) in [4.78, 5) is 30.8. The first kappa shape index (κ1) is 16.8. The Balaban J connectivity index is 2.00. The molecule has 0 unspecified atom stereocenters. The number of hydrogen-bond donors (Lipinski definition) is 1. The van der Waals surface area contributed by atoms with Gasteiger partial charge in [0.25, 0.3) is 11.8 Å². The molecule has 0 fully saturated rings. The zero-order valence-corrected chi connectivity index (χ0v) is 14.1. The number of ether oxygens (including phenoxy) is 2. The van der Waals surface area contributed by atoms with E-state index in [4.69, 9.17) is 9.47 Å². The quantitative estimate of drug-likeness (QED) is 0.914. The normalized spacial score (nSPS) is 15.8. The number of pyridine rings is 1. The molecule has 7 nitrogen and oxygen atoms in total. The molecule has 0 saturated heterocycles. The van der Waals surface area contributed by atoms with E-state index < -0.39 is 6.10 Å². The van der Waals surface area contributed by atoms with E-state index in [1.807, 2.05) is 13.0 Å². The predicted molar refractivity (Wildman–Crippen MR) is 92.0 cm³/mol. The smallest absolute Gasteiger partial charge is 0.264 e. The molecule has 2 aromatic rings. The zero-order chi connectivity index (χ0) is 17.8. The van der Waals surface area contributed by atoms with Crippen molar-refractivity contribution in [3.05, 3.63) is 48.2 Å². The van der Waals surface area contributed by atoms with E-state index in [1.54, 1.807) is 36.5 Å². The number of nitrogens with zero attached hydrogens (tertiary/aromatic N) is 2. The maximum Gasteiger partial charge on any atom is 0.264 e. The third-order valence-corrected chi connectivity index (χ3v) is 3.84. The molecular formula is C18H19N3O4. The number of hydrogen-bond acceptors (Lipinski definition) is 5. The summed E-state index contributed by atoms with van der Waals surface area (Å²) in [6, 6.07) is 10.5. The first-order valence-electron chi connectivity index (χ1n) is 8.02. The van der Waals surface area contributed by atoms with Crippen LogP contribution in [0.5, 0.6) is 11.6 Å². The third-order valence-electron chi connectivity index (χ3n) is 3.84. The second kappa shape index (κ2) is 7.21. The lowest BCUT2D eigenvalue weighted by atomic mass is 10.1. The van der Waals surface area contributed by atoms with E-state index in [1.165, 1.54) is 11.9 Å². The van der Waals surface area contributed by atoms with Gasteiger partial charge in [-0.05, 0) is 31.2 Å². The van der Waals surface area contributed by atoms with Gasteiger partial charge in [0.05, 0.1) is 18.8 Å². The molecule has 1 aromatic carbocycles. The number of para-hydroxylation sites is 2. The van der Waals surface area contributed by atoms with E-state index in [9.17, 15) is 9.59 Å². The minimum absolute atomic E-state index is 0.107. The molecule has 130 valence electrons. The summed E-state index contributed by atoms with van der Waals surface area (Å²) >= 11 is 0. The average molecular weight is 341 g/mol. The highest BCUT2D eigenvalue weighted by molar-refractivity contribution is 6.09. The van der Waals surface area contributed by atoms with Crippen molar-refractivity contribution in [1.29, 1.82) is 0 Å². The van der Waals surface area contributed by atoms with Crippen molar-refractivity contribution in [2.45, 2.75) is 13.0 Å². The minimum Gasteiger partial charge on any atom is -0.477 e. The van der Waals surface area contributed by atoms with Crippen LogP contribution < -0.4 is 19.7 Å². The van der Waals surface area contributed by atoms with Gasteiger partial charge in [-0.3, -0.25) is 9.59 Å².